The summed E-state index contributed by atoms with van der Waals surface area (Å²) in [5, 5.41) is 29.5. The quantitative estimate of drug-likeness (QED) is 0.0512. The lowest BCUT2D eigenvalue weighted by molar-refractivity contribution is -0.201. The first-order valence-electron chi connectivity index (χ1n) is 23.4. The number of rotatable bonds is 19. The molecule has 12 atom stereocenters. The van der Waals surface area contributed by atoms with E-state index in [1.165, 1.54) is 21.8 Å². The number of aliphatic hydroxyl groups is 3. The van der Waals surface area contributed by atoms with Gasteiger partial charge in [-0.15, -0.1) is 19.3 Å². The monoisotopic (exact) mass is 1130 g/mol. The zero-order chi connectivity index (χ0) is 56.9. The summed E-state index contributed by atoms with van der Waals surface area (Å²) in [5.74, 6) is 3.04. The van der Waals surface area contributed by atoms with Gasteiger partial charge in [-0.05, 0) is 59.3 Å². The smallest absolute Gasteiger partial charge is 0.356 e. The van der Waals surface area contributed by atoms with E-state index >= 15 is 0 Å². The second kappa shape index (κ2) is 24.7. The molecule has 0 aromatic carbocycles. The van der Waals surface area contributed by atoms with Crippen LogP contribution in [-0.4, -0.2) is 184 Å². The molecule has 11 N–H and O–H groups in total. The van der Waals surface area contributed by atoms with E-state index in [2.05, 4.69) is 32.7 Å². The van der Waals surface area contributed by atoms with E-state index in [4.69, 9.17) is 97.9 Å². The molecule has 5 fully saturated rings. The van der Waals surface area contributed by atoms with Gasteiger partial charge in [0.05, 0.1) is 52.0 Å². The molecule has 3 aromatic heterocycles. The van der Waals surface area contributed by atoms with Gasteiger partial charge in [0, 0.05) is 0 Å². The highest BCUT2D eigenvalue weighted by Crippen LogP contribution is 2.49. The van der Waals surface area contributed by atoms with E-state index < -0.39 is 124 Å². The third kappa shape index (κ3) is 13.7. The van der Waals surface area contributed by atoms with E-state index in [0.717, 1.165) is 10.9 Å². The average molecular weight is 1130 g/mol. The lowest BCUT2D eigenvalue weighted by Crippen LogP contribution is -2.34. The first kappa shape index (κ1) is 60.8. The Morgan fingerprint density at radius 3 is 1.38 bits per heavy atom. The Bertz CT molecular complexity index is 2840. The summed E-state index contributed by atoms with van der Waals surface area (Å²) < 4.78 is 89.4. The first-order chi connectivity index (χ1) is 36.2. The van der Waals surface area contributed by atoms with Crippen molar-refractivity contribution in [2.45, 2.75) is 127 Å². The Morgan fingerprint density at radius 1 is 0.623 bits per heavy atom. The molecule has 8 heterocycles. The van der Waals surface area contributed by atoms with E-state index in [0.29, 0.717) is 0 Å². The van der Waals surface area contributed by atoms with Gasteiger partial charge in [-0.3, -0.25) is 37.2 Å². The van der Waals surface area contributed by atoms with Crippen molar-refractivity contribution < 1.29 is 100 Å². The van der Waals surface area contributed by atoms with Crippen LogP contribution >= 0.6 is 15.2 Å². The van der Waals surface area contributed by atoms with Crippen LogP contribution in [0.1, 0.15) is 109 Å². The molecule has 0 saturated carbocycles. The third-order valence-corrected chi connectivity index (χ3v) is 14.1. The number of fused-ring (bicyclic) bond motifs is 2. The van der Waals surface area contributed by atoms with Crippen LogP contribution in [0.2, 0.25) is 0 Å². The molecule has 77 heavy (non-hydrogen) atoms. The number of aliphatic hydroxyl groups excluding tert-OH is 3. The molecular formula is C45H61N9O21P2. The molecule has 3 amide bonds. The number of terminal acetylenes is 3. The molecule has 0 aliphatic carbocycles. The molecule has 0 bridgehead atoms. The fraction of sp³-hybridized carbons (Fsp3) is 0.600. The van der Waals surface area contributed by atoms with Crippen LogP contribution < -0.4 is 17.2 Å². The van der Waals surface area contributed by atoms with E-state index in [-0.39, 0.29) is 73.5 Å². The van der Waals surface area contributed by atoms with Crippen molar-refractivity contribution >= 4 is 32.9 Å². The van der Waals surface area contributed by atoms with Gasteiger partial charge in [0.1, 0.15) is 84.7 Å². The summed E-state index contributed by atoms with van der Waals surface area (Å²) in [6, 6.07) is 0. The Hall–Kier alpha value is -5.46. The maximum absolute atomic E-state index is 12.6. The van der Waals surface area contributed by atoms with E-state index in [1.54, 1.807) is 41.5 Å². The number of amides is 3. The number of imidazole rings is 3. The molecule has 5 saturated heterocycles. The minimum atomic E-state index is -4.37. The Morgan fingerprint density at radius 2 is 0.987 bits per heavy atom. The lowest BCUT2D eigenvalue weighted by Gasteiger charge is -2.25. The summed E-state index contributed by atoms with van der Waals surface area (Å²) in [6.07, 6.45) is 9.63. The van der Waals surface area contributed by atoms with Crippen molar-refractivity contribution in [3.8, 4) is 37.0 Å². The van der Waals surface area contributed by atoms with Crippen LogP contribution in [0.25, 0.3) is 0 Å². The van der Waals surface area contributed by atoms with Gasteiger partial charge in [-0.2, -0.15) is 0 Å². The lowest BCUT2D eigenvalue weighted by atomic mass is 10.1. The van der Waals surface area contributed by atoms with Crippen LogP contribution in [0.5, 0.6) is 0 Å². The number of carbonyl (C=O) groups excluding carboxylic acids is 3. The summed E-state index contributed by atoms with van der Waals surface area (Å²) in [7, 11) is -7.73. The van der Waals surface area contributed by atoms with Gasteiger partial charge in [-0.1, -0.05) is 0 Å². The Labute approximate surface area is 440 Å². The second-order valence-electron chi connectivity index (χ2n) is 18.2. The van der Waals surface area contributed by atoms with Gasteiger partial charge < -0.3 is 94.0 Å². The molecule has 3 unspecified atom stereocenters. The molecule has 3 aromatic rings. The standard InChI is InChI=1S/C19H28N3O8P.C14H17N3O5.C12H16N3O8P/c1-6-12-14(17(20)23)21-10-22(12)18-16-15(29-19(4,5)30-16)13(28-18)9-25-11-31(24,26-7-2)27-8-3;1-4-7-9(12(15)19)16-6-17(7)13-11-10(8(5-18)20-13)21-14(2,3)22-11;1-2-6-8(11(13)18)14-4-15(6)12-10(17)9(16)7(23-12)3-22-5-24(19,20)21/h1,10,13,15-16,18H,7-9,11H2,2-5H3,(H2,20,23);1,6,8,10-11,13,18H,5H2,2-3H3,(H2,15,19);1,4,7,9-10,12,16-17H,3,5H2,(H2,13,18)(H2,19,20,21)/t13-,15+,16?,18-;8-,10+,11?,13-;7-,9+,10?,12-/m111/s1. The zero-order valence-electron chi connectivity index (χ0n) is 42.4. The highest BCUT2D eigenvalue weighted by atomic mass is 31.2. The Kier molecular flexibility index (Phi) is 19.5. The molecule has 422 valence electrons. The number of primary amides is 3. The van der Waals surface area contributed by atoms with Crippen molar-refractivity contribution in [3.63, 3.8) is 0 Å². The highest BCUT2D eigenvalue weighted by Gasteiger charge is 2.58. The molecule has 8 rings (SSSR count). The van der Waals surface area contributed by atoms with Crippen LogP contribution in [0.15, 0.2) is 19.0 Å². The summed E-state index contributed by atoms with van der Waals surface area (Å²) >= 11 is 0. The summed E-state index contributed by atoms with van der Waals surface area (Å²) in [5.41, 5.74) is 15.9. The maximum Gasteiger partial charge on any atom is 0.356 e. The summed E-state index contributed by atoms with van der Waals surface area (Å²) in [6.45, 7) is 10.5. The van der Waals surface area contributed by atoms with Gasteiger partial charge in [0.2, 0.25) is 0 Å². The van der Waals surface area contributed by atoms with Crippen molar-refractivity contribution in [3.05, 3.63) is 53.1 Å². The Balaban J connectivity index is 0.000000190. The number of nitrogens with zero attached hydrogens (tertiary/aromatic N) is 6. The molecule has 0 spiro atoms. The van der Waals surface area contributed by atoms with Crippen molar-refractivity contribution in [2.24, 2.45) is 17.2 Å². The number of ether oxygens (including phenoxy) is 9. The predicted octanol–water partition coefficient (Wildman–Crippen LogP) is -1.27. The normalized spacial score (nSPS) is 28.7. The molecule has 30 nitrogen and oxygen atoms in total. The van der Waals surface area contributed by atoms with Crippen molar-refractivity contribution in [2.75, 3.05) is 45.7 Å². The van der Waals surface area contributed by atoms with E-state index in [1.807, 2.05) is 0 Å². The topological polar surface area (TPSA) is 420 Å². The largest absolute Gasteiger partial charge is 0.394 e. The zero-order valence-corrected chi connectivity index (χ0v) is 44.2. The van der Waals surface area contributed by atoms with E-state index in [9.17, 15) is 38.8 Å². The average Bonchev–Trinajstić information content (AvgIpc) is 4.26. The molecular weight excluding hydrogens is 1060 g/mol. The maximum atomic E-state index is 12.6. The minimum Gasteiger partial charge on any atom is -0.394 e. The van der Waals surface area contributed by atoms with Crippen molar-refractivity contribution in [1.29, 1.82) is 0 Å². The molecule has 5 aliphatic heterocycles. The van der Waals surface area contributed by atoms with Crippen LogP contribution in [0.4, 0.5) is 0 Å². The second-order valence-corrected chi connectivity index (χ2v) is 21.8. The number of hydrogen-bond acceptors (Lipinski definition) is 22. The SMILES string of the molecule is C#Cc1c(C(N)=O)ncn1[C@@H]1O[C@H](CO)[C@@H]2OC(C)(C)OC21.C#Cc1c(C(N)=O)ncn1[C@@H]1O[C@H](COCP(=O)(O)O)[C@H](O)C1O.C#Cc1c(C(N)=O)ncn1[C@@H]1O[C@H](COCP(=O)(OCC)OCC)[C@@H]2OC(C)(C)OC21. The highest BCUT2D eigenvalue weighted by molar-refractivity contribution is 7.53. The number of carbonyl (C=O) groups is 3. The predicted molar refractivity (Wildman–Crippen MR) is 259 cm³/mol. The number of hydrogen-bond donors (Lipinski definition) is 8. The fourth-order valence-corrected chi connectivity index (χ4v) is 10.5. The van der Waals surface area contributed by atoms with Crippen LogP contribution in [0, 0.1) is 37.0 Å². The van der Waals surface area contributed by atoms with Crippen LogP contribution in [-0.2, 0) is 60.8 Å². The van der Waals surface area contributed by atoms with Crippen LogP contribution in [0.3, 0.4) is 0 Å². The summed E-state index contributed by atoms with van der Waals surface area (Å²) in [4.78, 5) is 63.4. The number of nitrogens with two attached hydrogens (primary N) is 3. The van der Waals surface area contributed by atoms with Gasteiger partial charge in [0.15, 0.2) is 47.3 Å². The fourth-order valence-electron chi connectivity index (χ4n) is 8.85. The third-order valence-electron chi connectivity index (χ3n) is 11.8. The molecule has 0 radical (unpaired) electrons. The number of aromatic nitrogens is 6. The van der Waals surface area contributed by atoms with Gasteiger partial charge in [0.25, 0.3) is 17.7 Å². The molecule has 5 aliphatic rings. The first-order valence-corrected chi connectivity index (χ1v) is 26.9. The molecule has 32 heteroatoms. The minimum absolute atomic E-state index is 0.00623. The van der Waals surface area contributed by atoms with Gasteiger partial charge >= 0.3 is 15.2 Å². The van der Waals surface area contributed by atoms with Crippen molar-refractivity contribution in [1.82, 2.24) is 28.7 Å². The van der Waals surface area contributed by atoms with Gasteiger partial charge in [-0.25, -0.2) is 15.0 Å².